The van der Waals surface area contributed by atoms with Crippen LogP contribution in [0.15, 0.2) is 53.4 Å². The molecule has 2 aromatic carbocycles. The second-order valence-corrected chi connectivity index (χ2v) is 9.70. The number of nitrogens with zero attached hydrogens (tertiary/aromatic N) is 1. The van der Waals surface area contributed by atoms with E-state index in [-0.39, 0.29) is 16.8 Å². The molecule has 1 N–H and O–H groups in total. The summed E-state index contributed by atoms with van der Waals surface area (Å²) < 4.78 is 27.4. The van der Waals surface area contributed by atoms with E-state index >= 15 is 0 Å². The molecule has 1 aromatic heterocycles. The van der Waals surface area contributed by atoms with Gasteiger partial charge in [-0.3, -0.25) is 4.79 Å². The molecule has 3 rings (SSSR count). The zero-order chi connectivity index (χ0) is 19.8. The Morgan fingerprint density at radius 3 is 2.30 bits per heavy atom. The fourth-order valence-electron chi connectivity index (χ4n) is 2.73. The van der Waals surface area contributed by atoms with Crippen LogP contribution in [0.3, 0.4) is 0 Å². The van der Waals surface area contributed by atoms with Gasteiger partial charge >= 0.3 is 0 Å². The van der Waals surface area contributed by atoms with Crippen LogP contribution in [0, 0.1) is 6.92 Å². The predicted molar refractivity (Wildman–Crippen MR) is 111 cm³/mol. The molecule has 0 saturated heterocycles. The zero-order valence-corrected chi connectivity index (χ0v) is 17.3. The number of carbonyl (C=O) groups is 1. The van der Waals surface area contributed by atoms with E-state index in [0.29, 0.717) is 10.6 Å². The van der Waals surface area contributed by atoms with Crippen LogP contribution >= 0.6 is 11.3 Å². The number of sulfonamides is 1. The Labute approximate surface area is 163 Å². The second-order valence-electron chi connectivity index (χ2n) is 6.65. The fourth-order valence-corrected chi connectivity index (χ4v) is 5.20. The Morgan fingerprint density at radius 2 is 1.70 bits per heavy atom. The first-order valence-electron chi connectivity index (χ1n) is 8.59. The van der Waals surface area contributed by atoms with Crippen molar-refractivity contribution in [1.29, 1.82) is 0 Å². The van der Waals surface area contributed by atoms with Gasteiger partial charge in [-0.2, -0.15) is 4.31 Å². The van der Waals surface area contributed by atoms with Crippen molar-refractivity contribution < 1.29 is 13.2 Å². The number of carbonyl (C=O) groups excluding carboxylic acids is 1. The highest BCUT2D eigenvalue weighted by atomic mass is 32.2. The highest BCUT2D eigenvalue weighted by Gasteiger charge is 2.23. The molecular weight excluding hydrogens is 380 g/mol. The third-order valence-corrected chi connectivity index (χ3v) is 7.89. The van der Waals surface area contributed by atoms with Gasteiger partial charge in [-0.1, -0.05) is 18.2 Å². The van der Waals surface area contributed by atoms with Gasteiger partial charge in [-0.25, -0.2) is 8.42 Å². The Kier molecular flexibility index (Phi) is 5.37. The molecule has 0 fully saturated rings. The summed E-state index contributed by atoms with van der Waals surface area (Å²) in [5.74, 6) is -0.191. The Bertz CT molecular complexity index is 1080. The molecule has 0 bridgehead atoms. The lowest BCUT2D eigenvalue weighted by molar-refractivity contribution is 0.103. The number of amides is 1. The first-order valence-corrected chi connectivity index (χ1v) is 10.8. The van der Waals surface area contributed by atoms with Gasteiger partial charge in [0.1, 0.15) is 0 Å². The maximum atomic E-state index is 12.7. The van der Waals surface area contributed by atoms with Gasteiger partial charge in [-0.05, 0) is 62.1 Å². The lowest BCUT2D eigenvalue weighted by atomic mass is 10.1. The van der Waals surface area contributed by atoms with Crippen LogP contribution in [0.25, 0.3) is 10.1 Å². The summed E-state index contributed by atoms with van der Waals surface area (Å²) in [6.45, 7) is 5.57. The van der Waals surface area contributed by atoms with Crippen molar-refractivity contribution in [2.24, 2.45) is 0 Å². The molecule has 0 aliphatic heterocycles. The lowest BCUT2D eigenvalue weighted by Gasteiger charge is -2.21. The Hall–Kier alpha value is -2.22. The van der Waals surface area contributed by atoms with E-state index in [0.717, 1.165) is 15.6 Å². The molecule has 1 heterocycles. The van der Waals surface area contributed by atoms with E-state index in [1.807, 2.05) is 45.0 Å². The molecule has 1 amide bonds. The van der Waals surface area contributed by atoms with Crippen LogP contribution in [-0.2, 0) is 10.0 Å². The van der Waals surface area contributed by atoms with Crippen LogP contribution in [0.2, 0.25) is 0 Å². The average molecular weight is 403 g/mol. The van der Waals surface area contributed by atoms with Crippen molar-refractivity contribution in [3.05, 3.63) is 59.0 Å². The molecule has 0 atom stereocenters. The highest BCUT2D eigenvalue weighted by molar-refractivity contribution is 7.89. The maximum Gasteiger partial charge on any atom is 0.266 e. The summed E-state index contributed by atoms with van der Waals surface area (Å²) in [5, 5.41) is 3.93. The van der Waals surface area contributed by atoms with Gasteiger partial charge in [0.2, 0.25) is 10.0 Å². The van der Waals surface area contributed by atoms with E-state index in [2.05, 4.69) is 5.32 Å². The number of thiophene rings is 1. The molecule has 27 heavy (non-hydrogen) atoms. The van der Waals surface area contributed by atoms with Gasteiger partial charge in [-0.15, -0.1) is 11.3 Å². The predicted octanol–water partition coefficient (Wildman–Crippen LogP) is 4.49. The molecular formula is C20H22N2O3S2. The quantitative estimate of drug-likeness (QED) is 0.684. The third-order valence-electron chi connectivity index (χ3n) is 4.57. The van der Waals surface area contributed by atoms with Crippen molar-refractivity contribution in [2.45, 2.75) is 31.7 Å². The van der Waals surface area contributed by atoms with Crippen molar-refractivity contribution in [1.82, 2.24) is 4.31 Å². The lowest BCUT2D eigenvalue weighted by Crippen LogP contribution is -2.33. The van der Waals surface area contributed by atoms with Crippen LogP contribution in [0.5, 0.6) is 0 Å². The molecule has 3 aromatic rings. The SMILES string of the molecule is Cc1c(C(=O)Nc2ccc(S(=O)(=O)N(C)C(C)C)cc2)sc2ccccc12. The largest absolute Gasteiger partial charge is 0.321 e. The second kappa shape index (κ2) is 7.42. The van der Waals surface area contributed by atoms with E-state index < -0.39 is 10.0 Å². The van der Waals surface area contributed by atoms with E-state index in [1.165, 1.54) is 27.8 Å². The van der Waals surface area contributed by atoms with Gasteiger partial charge < -0.3 is 5.32 Å². The van der Waals surface area contributed by atoms with Gasteiger partial charge in [0.15, 0.2) is 0 Å². The van der Waals surface area contributed by atoms with E-state index in [1.54, 1.807) is 19.2 Å². The van der Waals surface area contributed by atoms with Crippen LogP contribution in [-0.4, -0.2) is 31.7 Å². The number of aryl methyl sites for hydroxylation is 1. The zero-order valence-electron chi connectivity index (χ0n) is 15.7. The molecule has 5 nitrogen and oxygen atoms in total. The fraction of sp³-hybridized carbons (Fsp3) is 0.250. The van der Waals surface area contributed by atoms with E-state index in [4.69, 9.17) is 0 Å². The molecule has 0 unspecified atom stereocenters. The normalized spacial score (nSPS) is 12.1. The summed E-state index contributed by atoms with van der Waals surface area (Å²) in [7, 11) is -1.98. The standard InChI is InChI=1S/C20H22N2O3S2/c1-13(2)22(4)27(24,25)16-11-9-15(10-12-16)21-20(23)19-14(3)17-7-5-6-8-18(17)26-19/h5-13H,1-4H3,(H,21,23). The minimum Gasteiger partial charge on any atom is -0.321 e. The van der Waals surface area contributed by atoms with Crippen molar-refractivity contribution in [3.63, 3.8) is 0 Å². The Balaban J connectivity index is 1.82. The first kappa shape index (κ1) is 19.5. The smallest absolute Gasteiger partial charge is 0.266 e. The van der Waals surface area contributed by atoms with Crippen molar-refractivity contribution in [2.75, 3.05) is 12.4 Å². The van der Waals surface area contributed by atoms with Crippen molar-refractivity contribution >= 4 is 43.0 Å². The molecule has 0 aliphatic carbocycles. The van der Waals surface area contributed by atoms with Gasteiger partial charge in [0, 0.05) is 23.5 Å². The highest BCUT2D eigenvalue weighted by Crippen LogP contribution is 2.31. The van der Waals surface area contributed by atoms with Crippen molar-refractivity contribution in [3.8, 4) is 0 Å². The summed E-state index contributed by atoms with van der Waals surface area (Å²) in [4.78, 5) is 13.5. The molecule has 0 saturated carbocycles. The molecule has 0 radical (unpaired) electrons. The molecule has 0 aliphatic rings. The minimum atomic E-state index is -3.54. The van der Waals surface area contributed by atoms with Gasteiger partial charge in [0.25, 0.3) is 5.91 Å². The summed E-state index contributed by atoms with van der Waals surface area (Å²) in [5.41, 5.74) is 1.51. The molecule has 142 valence electrons. The maximum absolute atomic E-state index is 12.7. The third kappa shape index (κ3) is 3.76. The number of benzene rings is 2. The summed E-state index contributed by atoms with van der Waals surface area (Å²) in [6.07, 6.45) is 0. The number of hydrogen-bond acceptors (Lipinski definition) is 4. The summed E-state index contributed by atoms with van der Waals surface area (Å²) >= 11 is 1.45. The molecule has 7 heteroatoms. The number of rotatable bonds is 5. The average Bonchev–Trinajstić information content (AvgIpc) is 2.98. The Morgan fingerprint density at radius 1 is 1.07 bits per heavy atom. The van der Waals surface area contributed by atoms with Crippen LogP contribution < -0.4 is 5.32 Å². The first-order chi connectivity index (χ1) is 12.7. The van der Waals surface area contributed by atoms with E-state index in [9.17, 15) is 13.2 Å². The summed E-state index contributed by atoms with van der Waals surface area (Å²) in [6, 6.07) is 14.0. The van der Waals surface area contributed by atoms with Crippen LogP contribution in [0.4, 0.5) is 5.69 Å². The molecule has 0 spiro atoms. The van der Waals surface area contributed by atoms with Crippen LogP contribution in [0.1, 0.15) is 29.1 Å². The number of fused-ring (bicyclic) bond motifs is 1. The minimum absolute atomic E-state index is 0.134. The number of anilines is 1. The number of nitrogens with one attached hydrogen (secondary N) is 1. The topological polar surface area (TPSA) is 66.5 Å². The van der Waals surface area contributed by atoms with Gasteiger partial charge in [0.05, 0.1) is 9.77 Å². The monoisotopic (exact) mass is 402 g/mol. The number of hydrogen-bond donors (Lipinski definition) is 1.